The number of allylic oxidation sites excluding steroid dienone is 2. The summed E-state index contributed by atoms with van der Waals surface area (Å²) in [5.41, 5.74) is 1.43. The average Bonchev–Trinajstić information content (AvgIpc) is 2.17. The maximum absolute atomic E-state index is 8.98. The van der Waals surface area contributed by atoms with Gasteiger partial charge in [-0.2, -0.15) is 0 Å². The predicted molar refractivity (Wildman–Crippen MR) is 60.3 cm³/mol. The standard InChI is InChI=1S/C12H21NO/c1-3-7-13(8-9-14)12-6-4-5-11(2)10-12/h4-6,12,14H,3,7-10H2,1-2H3. The summed E-state index contributed by atoms with van der Waals surface area (Å²) >= 11 is 0. The number of rotatable bonds is 5. The first-order valence-electron chi connectivity index (χ1n) is 5.46. The molecular formula is C12H21NO. The molecule has 2 heteroatoms. The minimum atomic E-state index is 0.257. The molecule has 2 nitrogen and oxygen atoms in total. The van der Waals surface area contributed by atoms with E-state index < -0.39 is 0 Å². The number of aliphatic hydroxyl groups is 1. The van der Waals surface area contributed by atoms with E-state index in [0.29, 0.717) is 6.04 Å². The lowest BCUT2D eigenvalue weighted by Gasteiger charge is -2.30. The van der Waals surface area contributed by atoms with Gasteiger partial charge in [-0.05, 0) is 26.3 Å². The topological polar surface area (TPSA) is 23.5 Å². The van der Waals surface area contributed by atoms with E-state index in [2.05, 4.69) is 37.0 Å². The van der Waals surface area contributed by atoms with Gasteiger partial charge in [-0.3, -0.25) is 4.90 Å². The molecule has 0 aromatic carbocycles. The van der Waals surface area contributed by atoms with Crippen LogP contribution < -0.4 is 0 Å². The second-order valence-corrected chi connectivity index (χ2v) is 3.93. The SMILES string of the molecule is CCCN(CCO)C1C=CC=C(C)C1. The molecule has 0 amide bonds. The Morgan fingerprint density at radius 1 is 1.50 bits per heavy atom. The van der Waals surface area contributed by atoms with Crippen molar-refractivity contribution in [2.45, 2.75) is 32.7 Å². The van der Waals surface area contributed by atoms with E-state index in [-0.39, 0.29) is 6.61 Å². The molecule has 1 aliphatic carbocycles. The third-order valence-corrected chi connectivity index (χ3v) is 2.61. The van der Waals surface area contributed by atoms with Gasteiger partial charge < -0.3 is 5.11 Å². The Labute approximate surface area is 86.9 Å². The molecular weight excluding hydrogens is 174 g/mol. The molecule has 1 atom stereocenters. The molecule has 0 aromatic rings. The molecule has 1 rings (SSSR count). The van der Waals surface area contributed by atoms with Gasteiger partial charge in [0, 0.05) is 12.6 Å². The molecule has 1 aliphatic rings. The molecule has 0 fully saturated rings. The van der Waals surface area contributed by atoms with Gasteiger partial charge >= 0.3 is 0 Å². The lowest BCUT2D eigenvalue weighted by Crippen LogP contribution is -2.37. The zero-order chi connectivity index (χ0) is 10.4. The third-order valence-electron chi connectivity index (χ3n) is 2.61. The van der Waals surface area contributed by atoms with Crippen LogP contribution in [0.1, 0.15) is 26.7 Å². The number of hydrogen-bond donors (Lipinski definition) is 1. The molecule has 0 heterocycles. The quantitative estimate of drug-likeness (QED) is 0.725. The van der Waals surface area contributed by atoms with Crippen molar-refractivity contribution in [1.82, 2.24) is 4.90 Å². The normalized spacial score (nSPS) is 21.4. The first kappa shape index (κ1) is 11.5. The van der Waals surface area contributed by atoms with Crippen LogP contribution >= 0.6 is 0 Å². The molecule has 0 aromatic heterocycles. The van der Waals surface area contributed by atoms with Gasteiger partial charge in [-0.25, -0.2) is 0 Å². The van der Waals surface area contributed by atoms with Gasteiger partial charge in [-0.15, -0.1) is 0 Å². The Kier molecular flexibility index (Phi) is 4.91. The zero-order valence-corrected chi connectivity index (χ0v) is 9.24. The molecule has 0 aliphatic heterocycles. The number of hydrogen-bond acceptors (Lipinski definition) is 2. The van der Waals surface area contributed by atoms with Crippen molar-refractivity contribution in [3.05, 3.63) is 23.8 Å². The summed E-state index contributed by atoms with van der Waals surface area (Å²) in [5, 5.41) is 8.98. The molecule has 1 N–H and O–H groups in total. The minimum Gasteiger partial charge on any atom is -0.395 e. The lowest BCUT2D eigenvalue weighted by molar-refractivity contribution is 0.169. The molecule has 0 radical (unpaired) electrons. The van der Waals surface area contributed by atoms with Gasteiger partial charge in [0.2, 0.25) is 0 Å². The van der Waals surface area contributed by atoms with Crippen molar-refractivity contribution in [3.63, 3.8) is 0 Å². The van der Waals surface area contributed by atoms with Crippen molar-refractivity contribution < 1.29 is 5.11 Å². The maximum atomic E-state index is 8.98. The fourth-order valence-corrected chi connectivity index (χ4v) is 1.92. The smallest absolute Gasteiger partial charge is 0.0558 e. The van der Waals surface area contributed by atoms with Gasteiger partial charge in [0.1, 0.15) is 0 Å². The summed E-state index contributed by atoms with van der Waals surface area (Å²) in [6.07, 6.45) is 8.78. The third kappa shape index (κ3) is 3.28. The van der Waals surface area contributed by atoms with E-state index in [4.69, 9.17) is 5.11 Å². The summed E-state index contributed by atoms with van der Waals surface area (Å²) in [5.74, 6) is 0. The van der Waals surface area contributed by atoms with Gasteiger partial charge in [-0.1, -0.05) is 30.7 Å². The van der Waals surface area contributed by atoms with Crippen LogP contribution in [0.3, 0.4) is 0 Å². The summed E-state index contributed by atoms with van der Waals surface area (Å²) < 4.78 is 0. The number of nitrogens with zero attached hydrogens (tertiary/aromatic N) is 1. The first-order chi connectivity index (χ1) is 6.77. The summed E-state index contributed by atoms with van der Waals surface area (Å²) in [6, 6.07) is 0.493. The molecule has 14 heavy (non-hydrogen) atoms. The lowest BCUT2D eigenvalue weighted by atomic mass is 10.0. The highest BCUT2D eigenvalue weighted by Gasteiger charge is 2.16. The van der Waals surface area contributed by atoms with E-state index in [1.165, 1.54) is 5.57 Å². The van der Waals surface area contributed by atoms with Crippen molar-refractivity contribution in [1.29, 1.82) is 0 Å². The average molecular weight is 195 g/mol. The molecule has 0 bridgehead atoms. The molecule has 80 valence electrons. The number of aliphatic hydroxyl groups excluding tert-OH is 1. The van der Waals surface area contributed by atoms with Crippen LogP contribution in [0, 0.1) is 0 Å². The predicted octanol–water partition coefficient (Wildman–Crippen LogP) is 1.97. The Hall–Kier alpha value is -0.600. The van der Waals surface area contributed by atoms with E-state index in [1.807, 2.05) is 0 Å². The minimum absolute atomic E-state index is 0.257. The molecule has 0 saturated carbocycles. The Morgan fingerprint density at radius 3 is 2.86 bits per heavy atom. The molecule has 1 unspecified atom stereocenters. The van der Waals surface area contributed by atoms with Crippen LogP contribution in [-0.4, -0.2) is 35.7 Å². The highest BCUT2D eigenvalue weighted by molar-refractivity contribution is 5.20. The maximum Gasteiger partial charge on any atom is 0.0558 e. The molecule has 0 saturated heterocycles. The van der Waals surface area contributed by atoms with E-state index in [0.717, 1.165) is 25.9 Å². The van der Waals surface area contributed by atoms with Crippen LogP contribution in [0.5, 0.6) is 0 Å². The highest BCUT2D eigenvalue weighted by Crippen LogP contribution is 2.17. The van der Waals surface area contributed by atoms with Crippen molar-refractivity contribution in [3.8, 4) is 0 Å². The van der Waals surface area contributed by atoms with Crippen LogP contribution in [0.25, 0.3) is 0 Å². The van der Waals surface area contributed by atoms with Gasteiger partial charge in [0.05, 0.1) is 6.61 Å². The van der Waals surface area contributed by atoms with E-state index in [1.54, 1.807) is 0 Å². The summed E-state index contributed by atoms with van der Waals surface area (Å²) in [7, 11) is 0. The van der Waals surface area contributed by atoms with Crippen LogP contribution in [0.15, 0.2) is 23.8 Å². The first-order valence-corrected chi connectivity index (χ1v) is 5.46. The largest absolute Gasteiger partial charge is 0.395 e. The highest BCUT2D eigenvalue weighted by atomic mass is 16.3. The second kappa shape index (κ2) is 5.99. The van der Waals surface area contributed by atoms with Crippen molar-refractivity contribution in [2.24, 2.45) is 0 Å². The fraction of sp³-hybridized carbons (Fsp3) is 0.667. The zero-order valence-electron chi connectivity index (χ0n) is 9.24. The molecule has 0 spiro atoms. The van der Waals surface area contributed by atoms with Crippen LogP contribution in [-0.2, 0) is 0 Å². The summed E-state index contributed by atoms with van der Waals surface area (Å²) in [4.78, 5) is 2.35. The Bertz CT molecular complexity index is 214. The van der Waals surface area contributed by atoms with Crippen LogP contribution in [0.2, 0.25) is 0 Å². The van der Waals surface area contributed by atoms with E-state index in [9.17, 15) is 0 Å². The summed E-state index contributed by atoms with van der Waals surface area (Å²) in [6.45, 7) is 6.46. The Balaban J connectivity index is 2.51. The Morgan fingerprint density at radius 2 is 2.29 bits per heavy atom. The van der Waals surface area contributed by atoms with E-state index >= 15 is 0 Å². The van der Waals surface area contributed by atoms with Crippen molar-refractivity contribution >= 4 is 0 Å². The fourth-order valence-electron chi connectivity index (χ4n) is 1.92. The van der Waals surface area contributed by atoms with Gasteiger partial charge in [0.15, 0.2) is 0 Å². The van der Waals surface area contributed by atoms with Crippen LogP contribution in [0.4, 0.5) is 0 Å². The monoisotopic (exact) mass is 195 g/mol. The van der Waals surface area contributed by atoms with Crippen molar-refractivity contribution in [2.75, 3.05) is 19.7 Å². The van der Waals surface area contributed by atoms with Gasteiger partial charge in [0.25, 0.3) is 0 Å². The second-order valence-electron chi connectivity index (χ2n) is 3.93.